The molecule has 1 aliphatic heterocycles. The van der Waals surface area contributed by atoms with Crippen LogP contribution in [-0.2, 0) is 38.1 Å². The molecule has 8 fully saturated rings. The van der Waals surface area contributed by atoms with Gasteiger partial charge in [-0.1, -0.05) is 26.2 Å². The zero-order valence-electron chi connectivity index (χ0n) is 32.5. The van der Waals surface area contributed by atoms with Crippen LogP contribution in [0.1, 0.15) is 151 Å². The monoisotopic (exact) mass is 723 g/mol. The maximum Gasteiger partial charge on any atom is 0.327 e. The summed E-state index contributed by atoms with van der Waals surface area (Å²) < 4.78 is 24.9. The molecule has 0 radical (unpaired) electrons. The molecule has 7 saturated carbocycles. The lowest BCUT2D eigenvalue weighted by molar-refractivity contribution is -0.226. The highest BCUT2D eigenvalue weighted by Gasteiger charge is 2.72. The smallest absolute Gasteiger partial charge is 0.327 e. The van der Waals surface area contributed by atoms with E-state index in [1.54, 1.807) is 20.8 Å². The van der Waals surface area contributed by atoms with Crippen molar-refractivity contribution < 1.29 is 43.2 Å². The zero-order valence-corrected chi connectivity index (χ0v) is 32.5. The maximum absolute atomic E-state index is 14.7. The first-order valence-corrected chi connectivity index (χ1v) is 20.2. The van der Waals surface area contributed by atoms with Crippen molar-refractivity contribution in [2.24, 2.45) is 51.2 Å². The number of nitriles is 1. The third-order valence-corrected chi connectivity index (χ3v) is 15.2. The standard InChI is InChI=1S/C42H61NO9/c1-8-38(6,34(46)51-37(4,5)28-12-10-9-11-13-28)22-39(7,33(45)49-30-27-15-29-31(30)50-35(47)42(29,20-27)24-43)21-36(2,3)32(44)52-41-18-25-14-26(19-41)17-40(48,16-25)23-41/h25-31,48H,8-23H2,1-7H3. The van der Waals surface area contributed by atoms with Gasteiger partial charge in [-0.2, -0.15) is 5.26 Å². The van der Waals surface area contributed by atoms with Crippen LogP contribution < -0.4 is 0 Å². The highest BCUT2D eigenvalue weighted by Crippen LogP contribution is 2.63. The fourth-order valence-corrected chi connectivity index (χ4v) is 12.8. The van der Waals surface area contributed by atoms with Gasteiger partial charge in [0.05, 0.1) is 27.9 Å². The Bertz CT molecular complexity index is 1530. The molecule has 8 aliphatic rings. The summed E-state index contributed by atoms with van der Waals surface area (Å²) in [6, 6.07) is 2.21. The molecule has 0 spiro atoms. The van der Waals surface area contributed by atoms with Gasteiger partial charge in [-0.05, 0) is 136 Å². The zero-order chi connectivity index (χ0) is 37.7. The Morgan fingerprint density at radius 2 is 1.54 bits per heavy atom. The van der Waals surface area contributed by atoms with Gasteiger partial charge in [-0.25, -0.2) is 0 Å². The van der Waals surface area contributed by atoms with E-state index in [1.807, 2.05) is 27.7 Å². The first-order valence-electron chi connectivity index (χ1n) is 20.2. The van der Waals surface area contributed by atoms with Gasteiger partial charge in [0, 0.05) is 18.3 Å². The minimum Gasteiger partial charge on any atom is -0.459 e. The van der Waals surface area contributed by atoms with Crippen molar-refractivity contribution in [1.82, 2.24) is 0 Å². The third kappa shape index (κ3) is 6.17. The Morgan fingerprint density at radius 1 is 0.885 bits per heavy atom. The fraction of sp³-hybridized carbons (Fsp3) is 0.881. The van der Waals surface area contributed by atoms with Gasteiger partial charge in [0.2, 0.25) is 0 Å². The van der Waals surface area contributed by atoms with Crippen LogP contribution in [0.15, 0.2) is 0 Å². The number of carbonyl (C=O) groups excluding carboxylic acids is 4. The van der Waals surface area contributed by atoms with Crippen molar-refractivity contribution in [3.8, 4) is 6.07 Å². The predicted octanol–water partition coefficient (Wildman–Crippen LogP) is 7.13. The topological polar surface area (TPSA) is 149 Å². The van der Waals surface area contributed by atoms with Gasteiger partial charge in [0.15, 0.2) is 5.41 Å². The molecular formula is C42H61NO9. The molecule has 0 aromatic rings. The first kappa shape index (κ1) is 37.6. The number of hydrogen-bond acceptors (Lipinski definition) is 10. The summed E-state index contributed by atoms with van der Waals surface area (Å²) in [6.07, 6.45) is 9.97. The highest BCUT2D eigenvalue weighted by atomic mass is 16.6. The summed E-state index contributed by atoms with van der Waals surface area (Å²) in [7, 11) is 0. The molecule has 9 atom stereocenters. The molecule has 1 heterocycles. The average molecular weight is 724 g/mol. The molecule has 1 saturated heterocycles. The summed E-state index contributed by atoms with van der Waals surface area (Å²) in [5, 5.41) is 21.3. The third-order valence-electron chi connectivity index (χ3n) is 15.2. The summed E-state index contributed by atoms with van der Waals surface area (Å²) >= 11 is 0. The van der Waals surface area contributed by atoms with Gasteiger partial charge in [0.1, 0.15) is 23.4 Å². The van der Waals surface area contributed by atoms with E-state index in [2.05, 4.69) is 6.07 Å². The number of rotatable bonds is 12. The maximum atomic E-state index is 14.7. The first-order chi connectivity index (χ1) is 24.2. The summed E-state index contributed by atoms with van der Waals surface area (Å²) in [5.41, 5.74) is -6.91. The van der Waals surface area contributed by atoms with Crippen molar-refractivity contribution in [3.05, 3.63) is 0 Å². The van der Waals surface area contributed by atoms with E-state index >= 15 is 0 Å². The van der Waals surface area contributed by atoms with E-state index in [0.29, 0.717) is 37.5 Å². The Hall–Kier alpha value is -2.67. The number of esters is 4. The second-order valence-corrected chi connectivity index (χ2v) is 20.4. The molecule has 10 heteroatoms. The highest BCUT2D eigenvalue weighted by molar-refractivity contribution is 5.85. The number of nitrogens with zero attached hydrogens (tertiary/aromatic N) is 1. The molecule has 0 amide bonds. The molecule has 0 aromatic carbocycles. The molecule has 52 heavy (non-hydrogen) atoms. The van der Waals surface area contributed by atoms with E-state index in [9.17, 15) is 29.5 Å². The normalized spacial score (nSPS) is 40.0. The Balaban J connectivity index is 1.14. The average Bonchev–Trinajstić information content (AvgIpc) is 3.65. The number of hydrogen-bond donors (Lipinski definition) is 1. The SMILES string of the molecule is CCC(C)(CC(C)(CC(C)(C)C(=O)OC12CC3CC(CC(O)(C3)C1)C2)C(=O)OC1C2CC3C1OC(=O)C3(C#N)C2)C(=O)OC(C)(C)C1CCCCC1. The molecular weight excluding hydrogens is 662 g/mol. The van der Waals surface area contributed by atoms with Crippen molar-refractivity contribution in [3.63, 3.8) is 0 Å². The molecule has 1 N–H and O–H groups in total. The minimum atomic E-state index is -1.34. The van der Waals surface area contributed by atoms with Crippen molar-refractivity contribution in [2.75, 3.05) is 0 Å². The van der Waals surface area contributed by atoms with Crippen LogP contribution in [0.5, 0.6) is 0 Å². The van der Waals surface area contributed by atoms with Crippen LogP contribution in [-0.4, -0.2) is 58.0 Å². The van der Waals surface area contributed by atoms with Crippen LogP contribution >= 0.6 is 0 Å². The predicted molar refractivity (Wildman–Crippen MR) is 189 cm³/mol. The van der Waals surface area contributed by atoms with Gasteiger partial charge < -0.3 is 24.1 Å². The second kappa shape index (κ2) is 12.4. The lowest BCUT2D eigenvalue weighted by atomic mass is 9.52. The van der Waals surface area contributed by atoms with E-state index in [1.165, 1.54) is 6.42 Å². The molecule has 0 aromatic heterocycles. The Labute approximate surface area is 309 Å². The summed E-state index contributed by atoms with van der Waals surface area (Å²) in [5.74, 6) is -1.45. The number of fused-ring (bicyclic) bond motifs is 1. The largest absolute Gasteiger partial charge is 0.459 e. The van der Waals surface area contributed by atoms with E-state index in [-0.39, 0.29) is 36.6 Å². The van der Waals surface area contributed by atoms with Crippen LogP contribution in [0.25, 0.3) is 0 Å². The lowest BCUT2D eigenvalue weighted by Gasteiger charge is -2.59. The summed E-state index contributed by atoms with van der Waals surface area (Å²) in [6.45, 7) is 13.1. The van der Waals surface area contributed by atoms with E-state index < -0.39 is 68.6 Å². The van der Waals surface area contributed by atoms with Crippen molar-refractivity contribution >= 4 is 23.9 Å². The molecule has 6 bridgehead atoms. The minimum absolute atomic E-state index is 0.0488. The van der Waals surface area contributed by atoms with Gasteiger partial charge in [0.25, 0.3) is 0 Å². The fourth-order valence-electron chi connectivity index (χ4n) is 12.8. The van der Waals surface area contributed by atoms with Crippen molar-refractivity contribution in [1.29, 1.82) is 5.26 Å². The van der Waals surface area contributed by atoms with Gasteiger partial charge in [-0.3, -0.25) is 19.2 Å². The summed E-state index contributed by atoms with van der Waals surface area (Å²) in [4.78, 5) is 56.2. The molecule has 288 valence electrons. The van der Waals surface area contributed by atoms with Crippen LogP contribution in [0.4, 0.5) is 0 Å². The second-order valence-electron chi connectivity index (χ2n) is 20.4. The Morgan fingerprint density at radius 3 is 2.13 bits per heavy atom. The number of aliphatic hydroxyl groups is 1. The Kier molecular flexibility index (Phi) is 9.00. The molecule has 10 nitrogen and oxygen atoms in total. The number of carbonyl (C=O) groups is 4. The number of ether oxygens (including phenoxy) is 4. The van der Waals surface area contributed by atoms with E-state index in [0.717, 1.165) is 57.8 Å². The molecule has 8 rings (SSSR count). The lowest BCUT2D eigenvalue weighted by Crippen LogP contribution is -2.61. The van der Waals surface area contributed by atoms with E-state index in [4.69, 9.17) is 18.9 Å². The van der Waals surface area contributed by atoms with Crippen molar-refractivity contribution in [2.45, 2.75) is 180 Å². The van der Waals surface area contributed by atoms with Gasteiger partial charge in [-0.15, -0.1) is 0 Å². The van der Waals surface area contributed by atoms with Crippen LogP contribution in [0.2, 0.25) is 0 Å². The van der Waals surface area contributed by atoms with Gasteiger partial charge >= 0.3 is 23.9 Å². The molecule has 9 unspecified atom stereocenters. The molecule has 7 aliphatic carbocycles. The quantitative estimate of drug-likeness (QED) is 0.163. The van der Waals surface area contributed by atoms with Crippen LogP contribution in [0, 0.1) is 62.6 Å². The van der Waals surface area contributed by atoms with Crippen LogP contribution in [0.3, 0.4) is 0 Å².